The van der Waals surface area contributed by atoms with Gasteiger partial charge in [-0.1, -0.05) is 6.08 Å². The molecule has 1 aromatic carbocycles. The molecule has 0 fully saturated rings. The second-order valence-electron chi connectivity index (χ2n) is 3.50. The largest absolute Gasteiger partial charge is 0.383 e. The molecule has 1 rings (SSSR count). The summed E-state index contributed by atoms with van der Waals surface area (Å²) in [6.07, 6.45) is 1.74. The molecule has 0 atom stereocenters. The van der Waals surface area contributed by atoms with E-state index in [1.165, 1.54) is 12.1 Å². The lowest BCUT2D eigenvalue weighted by Crippen LogP contribution is -2.28. The minimum absolute atomic E-state index is 0.322. The predicted molar refractivity (Wildman–Crippen MR) is 65.4 cm³/mol. The highest BCUT2D eigenvalue weighted by Crippen LogP contribution is 2.20. The Hall–Kier alpha value is -1.86. The van der Waals surface area contributed by atoms with Gasteiger partial charge in [0.1, 0.15) is 11.9 Å². The molecule has 0 heterocycles. The maximum Gasteiger partial charge on any atom is 0.124 e. The SMILES string of the molecule is C=CCN(CCOC)c1ccc(F)cc1C#N. The maximum atomic E-state index is 13.0. The minimum Gasteiger partial charge on any atom is -0.383 e. The number of hydrogen-bond donors (Lipinski definition) is 0. The third kappa shape index (κ3) is 3.58. The summed E-state index contributed by atoms with van der Waals surface area (Å²) in [5, 5.41) is 8.98. The van der Waals surface area contributed by atoms with Crippen molar-refractivity contribution < 1.29 is 9.13 Å². The van der Waals surface area contributed by atoms with Gasteiger partial charge >= 0.3 is 0 Å². The van der Waals surface area contributed by atoms with Gasteiger partial charge in [0.05, 0.1) is 17.9 Å². The Morgan fingerprint density at radius 1 is 1.59 bits per heavy atom. The van der Waals surface area contributed by atoms with E-state index in [-0.39, 0.29) is 0 Å². The molecule has 0 spiro atoms. The van der Waals surface area contributed by atoms with Gasteiger partial charge in [-0.05, 0) is 18.2 Å². The summed E-state index contributed by atoms with van der Waals surface area (Å²) in [5.74, 6) is -0.407. The molecule has 0 aliphatic rings. The molecule has 0 saturated carbocycles. The first kappa shape index (κ1) is 13.2. The van der Waals surface area contributed by atoms with Gasteiger partial charge in [-0.15, -0.1) is 6.58 Å². The zero-order chi connectivity index (χ0) is 12.7. The van der Waals surface area contributed by atoms with E-state index in [1.807, 2.05) is 11.0 Å². The molecule has 3 nitrogen and oxygen atoms in total. The number of halogens is 1. The van der Waals surface area contributed by atoms with Crippen molar-refractivity contribution in [2.45, 2.75) is 0 Å². The fourth-order valence-corrected chi connectivity index (χ4v) is 1.54. The Labute approximate surface area is 101 Å². The van der Waals surface area contributed by atoms with Crippen LogP contribution in [0.3, 0.4) is 0 Å². The number of nitriles is 1. The van der Waals surface area contributed by atoms with Gasteiger partial charge < -0.3 is 9.64 Å². The van der Waals surface area contributed by atoms with Crippen molar-refractivity contribution >= 4 is 5.69 Å². The summed E-state index contributed by atoms with van der Waals surface area (Å²) >= 11 is 0. The predicted octanol–water partition coefficient (Wildman–Crippen LogP) is 2.34. The van der Waals surface area contributed by atoms with Gasteiger partial charge in [0.15, 0.2) is 0 Å². The second-order valence-corrected chi connectivity index (χ2v) is 3.50. The first-order chi connectivity index (χ1) is 8.22. The summed E-state index contributed by atoms with van der Waals surface area (Å²) in [5.41, 5.74) is 1.02. The Morgan fingerprint density at radius 2 is 2.35 bits per heavy atom. The fourth-order valence-electron chi connectivity index (χ4n) is 1.54. The molecule has 0 saturated heterocycles. The number of methoxy groups -OCH3 is 1. The van der Waals surface area contributed by atoms with Gasteiger partial charge in [0.2, 0.25) is 0 Å². The van der Waals surface area contributed by atoms with E-state index in [2.05, 4.69) is 6.58 Å². The van der Waals surface area contributed by atoms with Gasteiger partial charge in [0, 0.05) is 20.2 Å². The van der Waals surface area contributed by atoms with Crippen molar-refractivity contribution in [2.75, 3.05) is 31.7 Å². The molecular formula is C13H15FN2O. The molecular weight excluding hydrogens is 219 g/mol. The number of nitrogens with zero attached hydrogens (tertiary/aromatic N) is 2. The van der Waals surface area contributed by atoms with Gasteiger partial charge in [0.25, 0.3) is 0 Å². The zero-order valence-corrected chi connectivity index (χ0v) is 9.82. The molecule has 17 heavy (non-hydrogen) atoms. The molecule has 0 aromatic heterocycles. The number of hydrogen-bond acceptors (Lipinski definition) is 3. The van der Waals surface area contributed by atoms with Crippen LogP contribution in [-0.4, -0.2) is 26.8 Å². The van der Waals surface area contributed by atoms with Crippen LogP contribution in [0.4, 0.5) is 10.1 Å². The van der Waals surface area contributed by atoms with Crippen LogP contribution in [0.1, 0.15) is 5.56 Å². The van der Waals surface area contributed by atoms with E-state index < -0.39 is 5.82 Å². The van der Waals surface area contributed by atoms with Gasteiger partial charge in [-0.3, -0.25) is 0 Å². The van der Waals surface area contributed by atoms with Crippen molar-refractivity contribution in [1.82, 2.24) is 0 Å². The van der Waals surface area contributed by atoms with Crippen LogP contribution >= 0.6 is 0 Å². The highest BCUT2D eigenvalue weighted by atomic mass is 19.1. The molecule has 0 radical (unpaired) electrons. The van der Waals surface area contributed by atoms with Gasteiger partial charge in [-0.2, -0.15) is 5.26 Å². The van der Waals surface area contributed by atoms with Crippen LogP contribution in [0.25, 0.3) is 0 Å². The summed E-state index contributed by atoms with van der Waals surface area (Å²) in [6, 6.07) is 6.18. The van der Waals surface area contributed by atoms with Crippen molar-refractivity contribution in [3.05, 3.63) is 42.2 Å². The minimum atomic E-state index is -0.407. The molecule has 0 amide bonds. The van der Waals surface area contributed by atoms with Crippen LogP contribution in [0.15, 0.2) is 30.9 Å². The Balaban J connectivity index is 3.00. The van der Waals surface area contributed by atoms with Crippen LogP contribution in [0.5, 0.6) is 0 Å². The Morgan fingerprint density at radius 3 is 2.94 bits per heavy atom. The van der Waals surface area contributed by atoms with E-state index >= 15 is 0 Å². The van der Waals surface area contributed by atoms with Gasteiger partial charge in [-0.25, -0.2) is 4.39 Å². The quantitative estimate of drug-likeness (QED) is 0.709. The highest BCUT2D eigenvalue weighted by Gasteiger charge is 2.10. The smallest absolute Gasteiger partial charge is 0.124 e. The third-order valence-corrected chi connectivity index (χ3v) is 2.33. The summed E-state index contributed by atoms with van der Waals surface area (Å²) < 4.78 is 18.0. The van der Waals surface area contributed by atoms with Crippen LogP contribution < -0.4 is 4.90 Å². The second kappa shape index (κ2) is 6.66. The number of anilines is 1. The van der Waals surface area contributed by atoms with Crippen molar-refractivity contribution in [3.63, 3.8) is 0 Å². The molecule has 1 aromatic rings. The van der Waals surface area contributed by atoms with Crippen LogP contribution in [0.2, 0.25) is 0 Å². The van der Waals surface area contributed by atoms with Crippen LogP contribution in [-0.2, 0) is 4.74 Å². The summed E-state index contributed by atoms with van der Waals surface area (Å²) in [6.45, 7) is 5.42. The molecule has 0 aliphatic carbocycles. The van der Waals surface area contributed by atoms with Crippen molar-refractivity contribution in [1.29, 1.82) is 5.26 Å². The van der Waals surface area contributed by atoms with Crippen molar-refractivity contribution in [2.24, 2.45) is 0 Å². The molecule has 0 bridgehead atoms. The monoisotopic (exact) mass is 234 g/mol. The maximum absolute atomic E-state index is 13.0. The molecule has 0 aliphatic heterocycles. The lowest BCUT2D eigenvalue weighted by atomic mass is 10.1. The molecule has 0 N–H and O–H groups in total. The first-order valence-corrected chi connectivity index (χ1v) is 5.27. The number of ether oxygens (including phenoxy) is 1. The number of benzene rings is 1. The van der Waals surface area contributed by atoms with E-state index in [0.717, 1.165) is 0 Å². The average molecular weight is 234 g/mol. The lowest BCUT2D eigenvalue weighted by molar-refractivity contribution is 0.206. The van der Waals surface area contributed by atoms with Crippen LogP contribution in [0, 0.1) is 17.1 Å². The third-order valence-electron chi connectivity index (χ3n) is 2.33. The summed E-state index contributed by atoms with van der Waals surface area (Å²) in [4.78, 5) is 1.93. The molecule has 4 heteroatoms. The average Bonchev–Trinajstić information content (AvgIpc) is 2.34. The van der Waals surface area contributed by atoms with E-state index in [1.54, 1.807) is 19.3 Å². The van der Waals surface area contributed by atoms with E-state index in [0.29, 0.717) is 30.9 Å². The normalized spacial score (nSPS) is 9.71. The lowest BCUT2D eigenvalue weighted by Gasteiger charge is -2.23. The fraction of sp³-hybridized carbons (Fsp3) is 0.308. The topological polar surface area (TPSA) is 36.3 Å². The van der Waals surface area contributed by atoms with Crippen molar-refractivity contribution in [3.8, 4) is 6.07 Å². The highest BCUT2D eigenvalue weighted by molar-refractivity contribution is 5.59. The molecule has 0 unspecified atom stereocenters. The van der Waals surface area contributed by atoms with E-state index in [9.17, 15) is 4.39 Å². The molecule has 90 valence electrons. The summed E-state index contributed by atoms with van der Waals surface area (Å²) in [7, 11) is 1.61. The number of rotatable bonds is 6. The zero-order valence-electron chi connectivity index (χ0n) is 9.82. The first-order valence-electron chi connectivity index (χ1n) is 5.27. The standard InChI is InChI=1S/C13H15FN2O/c1-3-6-16(7-8-17-2)13-5-4-12(14)9-11(13)10-15/h3-5,9H,1,6-8H2,2H3. The van der Waals surface area contributed by atoms with E-state index in [4.69, 9.17) is 10.00 Å². The Kier molecular flexibility index (Phi) is 5.18. The Bertz CT molecular complexity index is 426.